The van der Waals surface area contributed by atoms with Crippen LogP contribution in [0.2, 0.25) is 0 Å². The molecule has 0 aromatic heterocycles. The molecule has 0 aliphatic heterocycles. The molecule has 0 N–H and O–H groups in total. The van der Waals surface area contributed by atoms with Crippen molar-refractivity contribution in [2.24, 2.45) is 0 Å². The minimum atomic E-state index is -1.17. The number of esters is 1. The van der Waals surface area contributed by atoms with E-state index in [0.717, 1.165) is 0 Å². The van der Waals surface area contributed by atoms with Crippen molar-refractivity contribution in [3.63, 3.8) is 0 Å². The van der Waals surface area contributed by atoms with Crippen LogP contribution < -0.4 is 0 Å². The number of carbonyl (C=O) groups excluding carboxylic acids is 1. The Morgan fingerprint density at radius 1 is 1.38 bits per heavy atom. The Bertz CT molecular complexity index is 356. The molecule has 0 bridgehead atoms. The van der Waals surface area contributed by atoms with Crippen molar-refractivity contribution >= 4 is 5.97 Å². The number of nitrogens with zero attached hydrogens (tertiary/aromatic N) is 1. The summed E-state index contributed by atoms with van der Waals surface area (Å²) in [6.07, 6.45) is 6.44. The Labute approximate surface area is 93.9 Å². The Kier molecular flexibility index (Phi) is 3.16. The van der Waals surface area contributed by atoms with Crippen molar-refractivity contribution in [2.75, 3.05) is 0 Å². The molecule has 1 rings (SSSR count). The van der Waals surface area contributed by atoms with Crippen LogP contribution in [0.1, 0.15) is 27.2 Å². The van der Waals surface area contributed by atoms with Gasteiger partial charge in [0.1, 0.15) is 5.60 Å². The lowest BCUT2D eigenvalue weighted by molar-refractivity contribution is -0.541. The molecule has 5 heteroatoms. The first-order chi connectivity index (χ1) is 7.33. The minimum absolute atomic E-state index is 0.340. The summed E-state index contributed by atoms with van der Waals surface area (Å²) in [4.78, 5) is 21.5. The van der Waals surface area contributed by atoms with E-state index >= 15 is 0 Å². The summed E-state index contributed by atoms with van der Waals surface area (Å²) >= 11 is 0. The fourth-order valence-corrected chi connectivity index (χ4v) is 1.59. The van der Waals surface area contributed by atoms with Gasteiger partial charge in [-0.15, -0.1) is 0 Å². The molecule has 0 saturated heterocycles. The summed E-state index contributed by atoms with van der Waals surface area (Å²) in [6, 6.07) is 0. The smallest absolute Gasteiger partial charge is 0.303 e. The van der Waals surface area contributed by atoms with Gasteiger partial charge < -0.3 is 4.74 Å². The predicted molar refractivity (Wildman–Crippen MR) is 58.5 cm³/mol. The zero-order valence-electron chi connectivity index (χ0n) is 9.60. The zero-order chi connectivity index (χ0) is 12.4. The first kappa shape index (κ1) is 12.4. The van der Waals surface area contributed by atoms with Gasteiger partial charge in [-0.3, -0.25) is 14.9 Å². The summed E-state index contributed by atoms with van der Waals surface area (Å²) in [7, 11) is 0. The van der Waals surface area contributed by atoms with Crippen LogP contribution in [0.4, 0.5) is 0 Å². The SMILES string of the molecule is CCC1([N+](=O)[O-])C=CC(C)(OC(C)=O)C=C1. The highest BCUT2D eigenvalue weighted by atomic mass is 16.6. The minimum Gasteiger partial charge on any atom is -0.451 e. The van der Waals surface area contributed by atoms with Crippen LogP contribution in [0.15, 0.2) is 24.3 Å². The van der Waals surface area contributed by atoms with E-state index in [2.05, 4.69) is 0 Å². The van der Waals surface area contributed by atoms with Crippen LogP contribution in [-0.2, 0) is 9.53 Å². The van der Waals surface area contributed by atoms with Crippen molar-refractivity contribution in [1.29, 1.82) is 0 Å². The Morgan fingerprint density at radius 2 is 1.88 bits per heavy atom. The molecule has 0 heterocycles. The summed E-state index contributed by atoms with van der Waals surface area (Å²) in [6.45, 7) is 4.73. The number of hydrogen-bond donors (Lipinski definition) is 0. The topological polar surface area (TPSA) is 69.4 Å². The van der Waals surface area contributed by atoms with E-state index in [9.17, 15) is 14.9 Å². The Hall–Kier alpha value is -1.65. The molecule has 1 aliphatic carbocycles. The molecule has 16 heavy (non-hydrogen) atoms. The average Bonchev–Trinajstić information content (AvgIpc) is 2.17. The second kappa shape index (κ2) is 4.08. The molecule has 0 spiro atoms. The van der Waals surface area contributed by atoms with Gasteiger partial charge in [0, 0.05) is 18.3 Å². The molecular formula is C11H15NO4. The average molecular weight is 225 g/mol. The molecule has 0 aromatic carbocycles. The Balaban J connectivity index is 2.94. The third kappa shape index (κ3) is 2.29. The molecule has 0 amide bonds. The summed E-state index contributed by atoms with van der Waals surface area (Å²) in [5.41, 5.74) is -2.04. The van der Waals surface area contributed by atoms with E-state index in [1.54, 1.807) is 26.0 Å². The van der Waals surface area contributed by atoms with Gasteiger partial charge in [-0.2, -0.15) is 0 Å². The lowest BCUT2D eigenvalue weighted by atomic mass is 9.86. The number of carbonyl (C=O) groups is 1. The van der Waals surface area contributed by atoms with Gasteiger partial charge in [0.05, 0.1) is 0 Å². The highest BCUT2D eigenvalue weighted by Crippen LogP contribution is 2.29. The van der Waals surface area contributed by atoms with Crippen LogP contribution in [0, 0.1) is 10.1 Å². The fourth-order valence-electron chi connectivity index (χ4n) is 1.59. The van der Waals surface area contributed by atoms with Gasteiger partial charge in [0.2, 0.25) is 0 Å². The van der Waals surface area contributed by atoms with Crippen LogP contribution in [0.3, 0.4) is 0 Å². The van der Waals surface area contributed by atoms with E-state index in [1.165, 1.54) is 19.1 Å². The van der Waals surface area contributed by atoms with Crippen molar-refractivity contribution in [2.45, 2.75) is 38.3 Å². The molecule has 0 atom stereocenters. The van der Waals surface area contributed by atoms with E-state index < -0.39 is 17.1 Å². The lowest BCUT2D eigenvalue weighted by Crippen LogP contribution is -2.39. The predicted octanol–water partition coefficient (Wildman–Crippen LogP) is 1.86. The highest BCUT2D eigenvalue weighted by molar-refractivity contribution is 5.67. The van der Waals surface area contributed by atoms with Gasteiger partial charge in [0.15, 0.2) is 0 Å². The summed E-state index contributed by atoms with van der Waals surface area (Å²) < 4.78 is 5.06. The molecule has 88 valence electrons. The van der Waals surface area contributed by atoms with Gasteiger partial charge in [-0.1, -0.05) is 6.92 Å². The van der Waals surface area contributed by atoms with Gasteiger partial charge in [0.25, 0.3) is 5.54 Å². The zero-order valence-corrected chi connectivity index (χ0v) is 9.60. The maximum Gasteiger partial charge on any atom is 0.303 e. The quantitative estimate of drug-likeness (QED) is 0.318. The number of nitro groups is 1. The molecular weight excluding hydrogens is 210 g/mol. The van der Waals surface area contributed by atoms with Crippen LogP contribution in [0.5, 0.6) is 0 Å². The molecule has 0 unspecified atom stereocenters. The number of hydrogen-bond acceptors (Lipinski definition) is 4. The van der Waals surface area contributed by atoms with E-state index in [-0.39, 0.29) is 4.92 Å². The van der Waals surface area contributed by atoms with E-state index in [4.69, 9.17) is 4.74 Å². The molecule has 0 saturated carbocycles. The molecule has 0 aromatic rings. The highest BCUT2D eigenvalue weighted by Gasteiger charge is 2.40. The third-order valence-electron chi connectivity index (χ3n) is 2.68. The van der Waals surface area contributed by atoms with Crippen molar-refractivity contribution < 1.29 is 14.5 Å². The van der Waals surface area contributed by atoms with Crippen molar-refractivity contribution in [3.8, 4) is 0 Å². The fraction of sp³-hybridized carbons (Fsp3) is 0.545. The van der Waals surface area contributed by atoms with Gasteiger partial charge in [-0.05, 0) is 31.2 Å². The maximum absolute atomic E-state index is 10.9. The molecule has 0 fully saturated rings. The summed E-state index contributed by atoms with van der Waals surface area (Å²) in [5, 5.41) is 10.9. The molecule has 1 aliphatic rings. The molecule has 0 radical (unpaired) electrons. The van der Waals surface area contributed by atoms with Crippen LogP contribution in [-0.4, -0.2) is 22.0 Å². The standard InChI is InChI=1S/C11H15NO4/c1-4-11(12(14)15)7-5-10(3,6-8-11)16-9(2)13/h5-8H,4H2,1-3H3. The molecule has 5 nitrogen and oxygen atoms in total. The number of rotatable bonds is 3. The lowest BCUT2D eigenvalue weighted by Gasteiger charge is -2.28. The normalized spacial score (nSPS) is 32.4. The second-order valence-electron chi connectivity index (χ2n) is 4.05. The summed E-state index contributed by atoms with van der Waals surface area (Å²) in [5.74, 6) is -0.415. The van der Waals surface area contributed by atoms with Gasteiger partial charge >= 0.3 is 5.97 Å². The number of ether oxygens (including phenoxy) is 1. The maximum atomic E-state index is 10.9. The van der Waals surface area contributed by atoms with Crippen molar-refractivity contribution in [3.05, 3.63) is 34.4 Å². The second-order valence-corrected chi connectivity index (χ2v) is 4.05. The van der Waals surface area contributed by atoms with Crippen LogP contribution in [0.25, 0.3) is 0 Å². The van der Waals surface area contributed by atoms with E-state index in [1.807, 2.05) is 0 Å². The monoisotopic (exact) mass is 225 g/mol. The van der Waals surface area contributed by atoms with Crippen LogP contribution >= 0.6 is 0 Å². The first-order valence-corrected chi connectivity index (χ1v) is 5.08. The third-order valence-corrected chi connectivity index (χ3v) is 2.68. The van der Waals surface area contributed by atoms with Crippen molar-refractivity contribution in [1.82, 2.24) is 0 Å². The Morgan fingerprint density at radius 3 is 2.19 bits per heavy atom. The van der Waals surface area contributed by atoms with Gasteiger partial charge in [-0.25, -0.2) is 0 Å². The first-order valence-electron chi connectivity index (χ1n) is 5.08. The largest absolute Gasteiger partial charge is 0.451 e. The van der Waals surface area contributed by atoms with E-state index in [0.29, 0.717) is 6.42 Å².